The van der Waals surface area contributed by atoms with Gasteiger partial charge in [0.1, 0.15) is 13.2 Å². The summed E-state index contributed by atoms with van der Waals surface area (Å²) in [7, 11) is 1.53. The summed E-state index contributed by atoms with van der Waals surface area (Å²) in [5.74, 6) is 0.307. The normalized spacial score (nSPS) is 13.2. The first-order chi connectivity index (χ1) is 14.0. The molecule has 148 valence electrons. The van der Waals surface area contributed by atoms with E-state index in [0.29, 0.717) is 17.7 Å². The van der Waals surface area contributed by atoms with Crippen molar-refractivity contribution >= 4 is 34.6 Å². The number of aliphatic imine (C=N–C) groups is 1. The van der Waals surface area contributed by atoms with Gasteiger partial charge in [-0.1, -0.05) is 23.8 Å². The van der Waals surface area contributed by atoms with Crippen molar-refractivity contribution in [1.29, 1.82) is 0 Å². The van der Waals surface area contributed by atoms with Crippen LogP contribution >= 0.6 is 0 Å². The second-order valence-electron chi connectivity index (χ2n) is 6.71. The number of hydrogen-bond acceptors (Lipinski definition) is 6. The molecule has 1 aromatic heterocycles. The minimum absolute atomic E-state index is 0.0184. The first-order valence-electron chi connectivity index (χ1n) is 9.16. The highest BCUT2D eigenvalue weighted by atomic mass is 16.6. The van der Waals surface area contributed by atoms with Crippen LogP contribution in [0, 0.1) is 6.92 Å². The number of aromatic amines is 1. The van der Waals surface area contributed by atoms with Gasteiger partial charge in [-0.05, 0) is 25.1 Å². The van der Waals surface area contributed by atoms with E-state index in [2.05, 4.69) is 20.3 Å². The molecule has 2 N–H and O–H groups in total. The number of hydrogen-bond donors (Lipinski definition) is 2. The van der Waals surface area contributed by atoms with Gasteiger partial charge in [0.25, 0.3) is 0 Å². The van der Waals surface area contributed by atoms with E-state index in [1.165, 1.54) is 7.11 Å². The summed E-state index contributed by atoms with van der Waals surface area (Å²) in [6.07, 6.45) is -0.610. The highest BCUT2D eigenvalue weighted by molar-refractivity contribution is 6.22. The molecule has 8 heteroatoms. The lowest BCUT2D eigenvalue weighted by atomic mass is 9.91. The number of aromatic nitrogens is 2. The summed E-state index contributed by atoms with van der Waals surface area (Å²) < 4.78 is 9.82. The Balaban J connectivity index is 1.61. The molecule has 1 aliphatic heterocycles. The Hall–Kier alpha value is -3.52. The van der Waals surface area contributed by atoms with E-state index in [0.717, 1.165) is 27.9 Å². The van der Waals surface area contributed by atoms with E-state index < -0.39 is 6.09 Å². The first kappa shape index (κ1) is 18.8. The fourth-order valence-corrected chi connectivity index (χ4v) is 3.23. The van der Waals surface area contributed by atoms with Crippen molar-refractivity contribution in [3.8, 4) is 0 Å². The van der Waals surface area contributed by atoms with E-state index in [9.17, 15) is 9.59 Å². The van der Waals surface area contributed by atoms with E-state index in [4.69, 9.17) is 9.47 Å². The number of aryl methyl sites for hydroxylation is 1. The number of anilines is 1. The zero-order valence-electron chi connectivity index (χ0n) is 16.1. The van der Waals surface area contributed by atoms with E-state index in [-0.39, 0.29) is 24.9 Å². The van der Waals surface area contributed by atoms with Crippen LogP contribution in [0.1, 0.15) is 27.0 Å². The zero-order chi connectivity index (χ0) is 20.4. The Kier molecular flexibility index (Phi) is 5.09. The van der Waals surface area contributed by atoms with E-state index in [1.54, 1.807) is 0 Å². The number of methoxy groups -OCH3 is 1. The molecule has 0 saturated carbocycles. The summed E-state index contributed by atoms with van der Waals surface area (Å²) in [4.78, 5) is 35.9. The third-order valence-corrected chi connectivity index (χ3v) is 4.61. The van der Waals surface area contributed by atoms with Crippen molar-refractivity contribution in [3.05, 3.63) is 58.7 Å². The van der Waals surface area contributed by atoms with Crippen LogP contribution in [-0.2, 0) is 9.47 Å². The van der Waals surface area contributed by atoms with Gasteiger partial charge in [0, 0.05) is 23.8 Å². The van der Waals surface area contributed by atoms with E-state index >= 15 is 0 Å². The molecule has 0 aliphatic carbocycles. The van der Waals surface area contributed by atoms with Crippen molar-refractivity contribution in [2.24, 2.45) is 4.99 Å². The number of nitrogens with one attached hydrogen (secondary N) is 2. The van der Waals surface area contributed by atoms with Gasteiger partial charge in [0.15, 0.2) is 5.78 Å². The van der Waals surface area contributed by atoms with Crippen LogP contribution < -0.4 is 5.32 Å². The van der Waals surface area contributed by atoms with Crippen LogP contribution in [0.5, 0.6) is 0 Å². The van der Waals surface area contributed by atoms with Crippen LogP contribution in [0.25, 0.3) is 11.0 Å². The molecule has 0 fully saturated rings. The van der Waals surface area contributed by atoms with Crippen molar-refractivity contribution in [3.63, 3.8) is 0 Å². The molecule has 3 aromatic rings. The summed E-state index contributed by atoms with van der Waals surface area (Å²) in [5, 5.41) is 2.56. The lowest BCUT2D eigenvalue weighted by molar-refractivity contribution is 0.1000. The van der Waals surface area contributed by atoms with Crippen molar-refractivity contribution in [2.75, 3.05) is 32.2 Å². The SMILES string of the molecule is COCCOC(=O)Nc1nc2ccc(C3=NCC(=O)c4ccc(C)cc43)cc2[nH]1. The van der Waals surface area contributed by atoms with Gasteiger partial charge in [0.05, 0.1) is 23.4 Å². The Morgan fingerprint density at radius 3 is 2.86 bits per heavy atom. The van der Waals surface area contributed by atoms with Crippen LogP contribution in [0.2, 0.25) is 0 Å². The van der Waals surface area contributed by atoms with Gasteiger partial charge in [-0.25, -0.2) is 9.78 Å². The number of Topliss-reactive ketones (excluding diaryl/α,β-unsaturated/α-hetero) is 1. The number of nitrogens with zero attached hydrogens (tertiary/aromatic N) is 2. The van der Waals surface area contributed by atoms with E-state index in [1.807, 2.05) is 43.3 Å². The Morgan fingerprint density at radius 2 is 2.03 bits per heavy atom. The molecule has 29 heavy (non-hydrogen) atoms. The standard InChI is InChI=1S/C21H20N4O4/c1-12-3-5-14-15(9-12)19(22-11-18(14)26)13-4-6-16-17(10-13)24-20(23-16)25-21(27)29-8-7-28-2/h3-6,9-10H,7-8,11H2,1-2H3,(H2,23,24,25,27). The highest BCUT2D eigenvalue weighted by Gasteiger charge is 2.22. The van der Waals surface area contributed by atoms with Crippen LogP contribution in [-0.4, -0.2) is 54.4 Å². The minimum atomic E-state index is -0.610. The number of imidazole rings is 1. The molecule has 1 amide bonds. The number of rotatable bonds is 5. The maximum atomic E-state index is 12.2. The van der Waals surface area contributed by atoms with Crippen LogP contribution in [0.15, 0.2) is 41.4 Å². The maximum absolute atomic E-state index is 12.2. The largest absolute Gasteiger partial charge is 0.447 e. The third-order valence-electron chi connectivity index (χ3n) is 4.61. The molecule has 0 radical (unpaired) electrons. The van der Waals surface area contributed by atoms with Gasteiger partial charge in [-0.3, -0.25) is 15.1 Å². The molecule has 8 nitrogen and oxygen atoms in total. The minimum Gasteiger partial charge on any atom is -0.447 e. The molecule has 0 unspecified atom stereocenters. The number of carbonyl (C=O) groups is 2. The fraction of sp³-hybridized carbons (Fsp3) is 0.238. The second kappa shape index (κ2) is 7.84. The van der Waals surface area contributed by atoms with Gasteiger partial charge in [0.2, 0.25) is 5.95 Å². The monoisotopic (exact) mass is 392 g/mol. The lowest BCUT2D eigenvalue weighted by Gasteiger charge is -2.17. The number of ether oxygens (including phenoxy) is 2. The lowest BCUT2D eigenvalue weighted by Crippen LogP contribution is -2.20. The fourth-order valence-electron chi connectivity index (χ4n) is 3.23. The summed E-state index contributed by atoms with van der Waals surface area (Å²) >= 11 is 0. The van der Waals surface area contributed by atoms with Crippen LogP contribution in [0.4, 0.5) is 10.7 Å². The Bertz CT molecular complexity index is 1130. The maximum Gasteiger partial charge on any atom is 0.414 e. The number of fused-ring (bicyclic) bond motifs is 2. The molecule has 0 saturated heterocycles. The second-order valence-corrected chi connectivity index (χ2v) is 6.71. The smallest absolute Gasteiger partial charge is 0.414 e. The molecule has 0 spiro atoms. The zero-order valence-corrected chi connectivity index (χ0v) is 16.1. The number of ketones is 1. The number of amides is 1. The van der Waals surface area contributed by atoms with Crippen LogP contribution in [0.3, 0.4) is 0 Å². The van der Waals surface area contributed by atoms with Gasteiger partial charge < -0.3 is 14.5 Å². The Morgan fingerprint density at radius 1 is 1.17 bits per heavy atom. The predicted molar refractivity (Wildman–Crippen MR) is 109 cm³/mol. The average molecular weight is 392 g/mol. The summed E-state index contributed by atoms with van der Waals surface area (Å²) in [6, 6.07) is 11.4. The van der Waals surface area contributed by atoms with Crippen molar-refractivity contribution < 1.29 is 19.1 Å². The first-order valence-corrected chi connectivity index (χ1v) is 9.16. The number of benzene rings is 2. The van der Waals surface area contributed by atoms with Gasteiger partial charge in [-0.2, -0.15) is 0 Å². The summed E-state index contributed by atoms with van der Waals surface area (Å²) in [6.45, 7) is 2.60. The average Bonchev–Trinajstić information content (AvgIpc) is 3.09. The molecular weight excluding hydrogens is 372 g/mol. The molecule has 0 bridgehead atoms. The highest BCUT2D eigenvalue weighted by Crippen LogP contribution is 2.24. The van der Waals surface area contributed by atoms with Gasteiger partial charge >= 0.3 is 6.09 Å². The number of H-pyrrole nitrogens is 1. The van der Waals surface area contributed by atoms with Crippen molar-refractivity contribution in [2.45, 2.75) is 6.92 Å². The third kappa shape index (κ3) is 3.88. The molecule has 2 aromatic carbocycles. The topological polar surface area (TPSA) is 106 Å². The van der Waals surface area contributed by atoms with Crippen molar-refractivity contribution in [1.82, 2.24) is 9.97 Å². The molecule has 1 aliphatic rings. The Labute approximate surface area is 167 Å². The molecule has 2 heterocycles. The quantitative estimate of drug-likeness (QED) is 0.649. The molecule has 4 rings (SSSR count). The predicted octanol–water partition coefficient (Wildman–Crippen LogP) is 3.10. The number of carbonyl (C=O) groups excluding carboxylic acids is 2. The summed E-state index contributed by atoms with van der Waals surface area (Å²) in [5.41, 5.74) is 5.66. The molecular formula is C21H20N4O4. The molecule has 0 atom stereocenters. The van der Waals surface area contributed by atoms with Gasteiger partial charge in [-0.15, -0.1) is 0 Å².